The maximum Gasteiger partial charge on any atom is 0.223 e. The third kappa shape index (κ3) is 4.39. The van der Waals surface area contributed by atoms with Crippen LogP contribution in [0.5, 0.6) is 0 Å². The molecular formula is C20H24ClN3O. The summed E-state index contributed by atoms with van der Waals surface area (Å²) in [6.45, 7) is 3.57. The van der Waals surface area contributed by atoms with E-state index in [0.717, 1.165) is 38.9 Å². The summed E-state index contributed by atoms with van der Waals surface area (Å²) in [6.07, 6.45) is 7.02. The second-order valence-electron chi connectivity index (χ2n) is 6.87. The van der Waals surface area contributed by atoms with Crippen LogP contribution in [0.4, 0.5) is 0 Å². The smallest absolute Gasteiger partial charge is 0.223 e. The highest BCUT2D eigenvalue weighted by molar-refractivity contribution is 5.85. The number of carbonyl (C=O) groups excluding carboxylic acids is 1. The molecule has 0 unspecified atom stereocenters. The Morgan fingerprint density at radius 3 is 2.76 bits per heavy atom. The van der Waals surface area contributed by atoms with Crippen LogP contribution in [0.1, 0.15) is 35.1 Å². The minimum atomic E-state index is 0. The van der Waals surface area contributed by atoms with Crippen molar-refractivity contribution in [3.63, 3.8) is 0 Å². The van der Waals surface area contributed by atoms with Crippen molar-refractivity contribution in [3.05, 3.63) is 65.0 Å². The highest BCUT2D eigenvalue weighted by atomic mass is 35.5. The molecular weight excluding hydrogens is 334 g/mol. The van der Waals surface area contributed by atoms with Gasteiger partial charge in [-0.05, 0) is 41.5 Å². The fourth-order valence-corrected chi connectivity index (χ4v) is 3.43. The van der Waals surface area contributed by atoms with Crippen LogP contribution in [-0.4, -0.2) is 22.3 Å². The van der Waals surface area contributed by atoms with E-state index in [9.17, 15) is 4.79 Å². The minimum Gasteiger partial charge on any atom is -0.352 e. The number of carbonyl (C=O) groups is 1. The summed E-state index contributed by atoms with van der Waals surface area (Å²) in [4.78, 5) is 18.7. The number of nitrogens with one attached hydrogen (secondary N) is 1. The lowest BCUT2D eigenvalue weighted by atomic mass is 9.96. The average molecular weight is 358 g/mol. The van der Waals surface area contributed by atoms with Gasteiger partial charge in [0.15, 0.2) is 0 Å². The summed E-state index contributed by atoms with van der Waals surface area (Å²) in [5, 5.41) is 3.07. The molecule has 1 aromatic heterocycles. The van der Waals surface area contributed by atoms with Crippen LogP contribution in [-0.2, 0) is 30.8 Å². The number of rotatable bonds is 5. The Hall–Kier alpha value is -1.91. The fourth-order valence-electron chi connectivity index (χ4n) is 3.43. The fraction of sp³-hybridized carbons (Fsp3) is 0.400. The molecule has 0 saturated heterocycles. The van der Waals surface area contributed by atoms with Crippen molar-refractivity contribution in [2.45, 2.75) is 38.9 Å². The third-order valence-electron chi connectivity index (χ3n) is 4.96. The van der Waals surface area contributed by atoms with Gasteiger partial charge in [0.2, 0.25) is 5.91 Å². The van der Waals surface area contributed by atoms with Gasteiger partial charge < -0.3 is 5.32 Å². The Morgan fingerprint density at radius 1 is 1.20 bits per heavy atom. The van der Waals surface area contributed by atoms with Crippen LogP contribution in [0.15, 0.2) is 42.7 Å². The largest absolute Gasteiger partial charge is 0.352 e. The summed E-state index contributed by atoms with van der Waals surface area (Å²) in [7, 11) is 0. The van der Waals surface area contributed by atoms with Gasteiger partial charge >= 0.3 is 0 Å². The molecule has 1 N–H and O–H groups in total. The first-order chi connectivity index (χ1) is 11.8. The minimum absolute atomic E-state index is 0. The zero-order chi connectivity index (χ0) is 16.4. The number of pyridine rings is 1. The molecule has 1 fully saturated rings. The number of hydrogen-bond donors (Lipinski definition) is 1. The number of amides is 1. The molecule has 0 atom stereocenters. The van der Waals surface area contributed by atoms with Crippen LogP contribution in [0, 0.1) is 5.92 Å². The van der Waals surface area contributed by atoms with E-state index in [-0.39, 0.29) is 24.2 Å². The molecule has 2 aliphatic rings. The molecule has 25 heavy (non-hydrogen) atoms. The maximum atomic E-state index is 11.9. The lowest BCUT2D eigenvalue weighted by Gasteiger charge is -2.29. The molecule has 132 valence electrons. The highest BCUT2D eigenvalue weighted by Crippen LogP contribution is 2.29. The zero-order valence-corrected chi connectivity index (χ0v) is 15.1. The predicted molar refractivity (Wildman–Crippen MR) is 100 cm³/mol. The SMILES string of the molecule is Cl.O=C(NCc1cncc2c1CCN(Cc1ccccc1)C2)C1CC1. The van der Waals surface area contributed by atoms with Crippen molar-refractivity contribution in [2.24, 2.45) is 5.92 Å². The van der Waals surface area contributed by atoms with Crippen molar-refractivity contribution in [2.75, 3.05) is 6.54 Å². The van der Waals surface area contributed by atoms with E-state index >= 15 is 0 Å². The molecule has 1 aliphatic carbocycles. The van der Waals surface area contributed by atoms with E-state index in [2.05, 4.69) is 45.5 Å². The zero-order valence-electron chi connectivity index (χ0n) is 14.3. The van der Waals surface area contributed by atoms with Crippen molar-refractivity contribution >= 4 is 18.3 Å². The van der Waals surface area contributed by atoms with Gasteiger partial charge in [-0.25, -0.2) is 0 Å². The van der Waals surface area contributed by atoms with Crippen LogP contribution in [0.2, 0.25) is 0 Å². The maximum absolute atomic E-state index is 11.9. The van der Waals surface area contributed by atoms with Gasteiger partial charge in [-0.1, -0.05) is 30.3 Å². The van der Waals surface area contributed by atoms with Gasteiger partial charge in [0.25, 0.3) is 0 Å². The normalized spacial score (nSPS) is 16.6. The molecule has 1 aromatic carbocycles. The Labute approximate surface area is 155 Å². The number of nitrogens with zero attached hydrogens (tertiary/aromatic N) is 2. The Balaban J connectivity index is 0.00000182. The molecule has 1 amide bonds. The number of benzene rings is 1. The standard InChI is InChI=1S/C20H23N3O.ClH/c24-20(16-6-7-16)22-12-17-10-21-11-18-14-23(9-8-19(17)18)13-15-4-2-1-3-5-15;/h1-5,10-11,16H,6-9,12-14H2,(H,22,24);1H. The topological polar surface area (TPSA) is 45.2 Å². The first kappa shape index (κ1) is 17.9. The van der Waals surface area contributed by atoms with E-state index in [0.29, 0.717) is 6.54 Å². The Bertz CT molecular complexity index is 731. The first-order valence-electron chi connectivity index (χ1n) is 8.78. The van der Waals surface area contributed by atoms with Crippen LogP contribution < -0.4 is 5.32 Å². The molecule has 0 spiro atoms. The number of hydrogen-bond acceptors (Lipinski definition) is 3. The van der Waals surface area contributed by atoms with Crippen LogP contribution in [0.25, 0.3) is 0 Å². The quantitative estimate of drug-likeness (QED) is 0.894. The average Bonchev–Trinajstić information content (AvgIpc) is 3.45. The van der Waals surface area contributed by atoms with Crippen molar-refractivity contribution in [1.82, 2.24) is 15.2 Å². The summed E-state index contributed by atoms with van der Waals surface area (Å²) < 4.78 is 0. The molecule has 4 rings (SSSR count). The summed E-state index contributed by atoms with van der Waals surface area (Å²) in [6, 6.07) is 10.6. The summed E-state index contributed by atoms with van der Waals surface area (Å²) in [5.41, 5.74) is 5.21. The van der Waals surface area contributed by atoms with Crippen molar-refractivity contribution in [3.8, 4) is 0 Å². The Morgan fingerprint density at radius 2 is 2.00 bits per heavy atom. The van der Waals surface area contributed by atoms with Gasteiger partial charge in [0, 0.05) is 44.5 Å². The van der Waals surface area contributed by atoms with Gasteiger partial charge in [-0.2, -0.15) is 0 Å². The van der Waals surface area contributed by atoms with Crippen molar-refractivity contribution < 1.29 is 4.79 Å². The van der Waals surface area contributed by atoms with E-state index in [1.54, 1.807) is 0 Å². The van der Waals surface area contributed by atoms with E-state index in [1.165, 1.54) is 22.3 Å². The molecule has 0 bridgehead atoms. The molecule has 4 nitrogen and oxygen atoms in total. The highest BCUT2D eigenvalue weighted by Gasteiger charge is 2.29. The lowest BCUT2D eigenvalue weighted by molar-refractivity contribution is -0.122. The summed E-state index contributed by atoms with van der Waals surface area (Å²) >= 11 is 0. The Kier molecular flexibility index (Phi) is 5.71. The first-order valence-corrected chi connectivity index (χ1v) is 8.78. The van der Waals surface area contributed by atoms with E-state index < -0.39 is 0 Å². The third-order valence-corrected chi connectivity index (χ3v) is 4.96. The molecule has 2 aromatic rings. The van der Waals surface area contributed by atoms with Gasteiger partial charge in [-0.15, -0.1) is 12.4 Å². The predicted octanol–water partition coefficient (Wildman–Crippen LogP) is 3.09. The monoisotopic (exact) mass is 357 g/mol. The van der Waals surface area contributed by atoms with E-state index in [1.807, 2.05) is 12.4 Å². The number of aromatic nitrogens is 1. The molecule has 1 aliphatic heterocycles. The summed E-state index contributed by atoms with van der Waals surface area (Å²) in [5.74, 6) is 0.466. The van der Waals surface area contributed by atoms with Gasteiger partial charge in [-0.3, -0.25) is 14.7 Å². The number of fused-ring (bicyclic) bond motifs is 1. The molecule has 1 saturated carbocycles. The van der Waals surface area contributed by atoms with E-state index in [4.69, 9.17) is 0 Å². The van der Waals surface area contributed by atoms with Gasteiger partial charge in [0.05, 0.1) is 0 Å². The van der Waals surface area contributed by atoms with Crippen LogP contribution in [0.3, 0.4) is 0 Å². The number of halogens is 1. The molecule has 2 heterocycles. The molecule has 0 radical (unpaired) electrons. The second-order valence-corrected chi connectivity index (χ2v) is 6.87. The van der Waals surface area contributed by atoms with Gasteiger partial charge in [0.1, 0.15) is 0 Å². The molecule has 5 heteroatoms. The second kappa shape index (κ2) is 7.98. The van der Waals surface area contributed by atoms with Crippen LogP contribution >= 0.6 is 12.4 Å². The van der Waals surface area contributed by atoms with Crippen molar-refractivity contribution in [1.29, 1.82) is 0 Å². The lowest BCUT2D eigenvalue weighted by Crippen LogP contribution is -2.32.